The van der Waals surface area contributed by atoms with Crippen LogP contribution in [0, 0.1) is 5.92 Å². The first-order valence-corrected chi connectivity index (χ1v) is 13.0. The van der Waals surface area contributed by atoms with E-state index in [0.29, 0.717) is 5.75 Å². The number of aliphatic hydroxyl groups excluding tert-OH is 1. The monoisotopic (exact) mass is 480 g/mol. The van der Waals surface area contributed by atoms with Gasteiger partial charge in [-0.15, -0.1) is 0 Å². The SMILES string of the molecule is COCC(=O)N(C)C[C@H]1Oc2cc(C3=CCCCC3)ccc2S(=O)(=O)N([C@@H](C)CO)C[C@H]1C. The highest BCUT2D eigenvalue weighted by Gasteiger charge is 2.38. The Morgan fingerprint density at radius 1 is 1.36 bits per heavy atom. The standard InChI is InChI=1S/C24H36N2O6S/c1-17-13-26(18(2)15-27)33(29,30)23-11-10-20(19-8-6-5-7-9-19)12-21(23)32-22(17)14-25(3)24(28)16-31-4/h8,10-12,17-18,22,27H,5-7,9,13-16H2,1-4H3/t17-,18+,22-/m1/s1. The van der Waals surface area contributed by atoms with Gasteiger partial charge in [0.15, 0.2) is 0 Å². The first-order valence-electron chi connectivity index (χ1n) is 11.5. The lowest BCUT2D eigenvalue weighted by molar-refractivity contribution is -0.135. The average molecular weight is 481 g/mol. The molecular weight excluding hydrogens is 444 g/mol. The first-order chi connectivity index (χ1) is 15.7. The third-order valence-corrected chi connectivity index (χ3v) is 8.50. The predicted octanol–water partition coefficient (Wildman–Crippen LogP) is 2.52. The summed E-state index contributed by atoms with van der Waals surface area (Å²) in [4.78, 5) is 13.9. The molecule has 1 amide bonds. The summed E-state index contributed by atoms with van der Waals surface area (Å²) in [6, 6.07) is 4.68. The summed E-state index contributed by atoms with van der Waals surface area (Å²) in [5, 5.41) is 9.76. The summed E-state index contributed by atoms with van der Waals surface area (Å²) in [7, 11) is -0.727. The van der Waals surface area contributed by atoms with E-state index < -0.39 is 22.2 Å². The fraction of sp³-hybridized carbons (Fsp3) is 0.625. The van der Waals surface area contributed by atoms with Crippen molar-refractivity contribution in [1.29, 1.82) is 0 Å². The maximum atomic E-state index is 13.6. The fourth-order valence-corrected chi connectivity index (χ4v) is 6.17. The number of carbonyl (C=O) groups is 1. The van der Waals surface area contributed by atoms with Crippen LogP contribution in [0.2, 0.25) is 0 Å². The molecule has 0 spiro atoms. The molecule has 0 saturated heterocycles. The Labute approximate surface area is 197 Å². The topological polar surface area (TPSA) is 96.4 Å². The summed E-state index contributed by atoms with van der Waals surface area (Å²) in [5.74, 6) is -0.111. The molecule has 184 valence electrons. The van der Waals surface area contributed by atoms with Gasteiger partial charge in [-0.1, -0.05) is 19.1 Å². The van der Waals surface area contributed by atoms with E-state index in [1.807, 2.05) is 19.1 Å². The number of ether oxygens (including phenoxy) is 2. The number of aliphatic hydroxyl groups is 1. The lowest BCUT2D eigenvalue weighted by Gasteiger charge is -2.37. The lowest BCUT2D eigenvalue weighted by atomic mass is 9.93. The number of hydrogen-bond acceptors (Lipinski definition) is 6. The first kappa shape index (κ1) is 25.7. The van der Waals surface area contributed by atoms with Gasteiger partial charge in [0.25, 0.3) is 0 Å². The molecule has 1 aromatic carbocycles. The number of amides is 1. The van der Waals surface area contributed by atoms with Crippen LogP contribution in [0.5, 0.6) is 5.75 Å². The highest BCUT2D eigenvalue weighted by atomic mass is 32.2. The molecule has 3 atom stereocenters. The maximum Gasteiger partial charge on any atom is 0.248 e. The summed E-state index contributed by atoms with van der Waals surface area (Å²) >= 11 is 0. The van der Waals surface area contributed by atoms with Crippen LogP contribution in [0.15, 0.2) is 29.2 Å². The zero-order valence-corrected chi connectivity index (χ0v) is 20.8. The van der Waals surface area contributed by atoms with Gasteiger partial charge in [-0.3, -0.25) is 4.79 Å². The maximum absolute atomic E-state index is 13.6. The van der Waals surface area contributed by atoms with E-state index in [1.165, 1.54) is 17.0 Å². The van der Waals surface area contributed by atoms with Crippen LogP contribution >= 0.6 is 0 Å². The number of hydrogen-bond donors (Lipinski definition) is 1. The molecule has 0 radical (unpaired) electrons. The van der Waals surface area contributed by atoms with Gasteiger partial charge in [0.2, 0.25) is 15.9 Å². The molecule has 3 rings (SSSR count). The predicted molar refractivity (Wildman–Crippen MR) is 126 cm³/mol. The van der Waals surface area contributed by atoms with Crippen molar-refractivity contribution in [1.82, 2.24) is 9.21 Å². The molecule has 1 heterocycles. The van der Waals surface area contributed by atoms with Gasteiger partial charge in [-0.2, -0.15) is 4.31 Å². The zero-order valence-electron chi connectivity index (χ0n) is 20.0. The van der Waals surface area contributed by atoms with E-state index in [2.05, 4.69) is 6.08 Å². The molecule has 2 aliphatic rings. The van der Waals surface area contributed by atoms with Crippen molar-refractivity contribution in [3.63, 3.8) is 0 Å². The van der Waals surface area contributed by atoms with Crippen LogP contribution in [-0.4, -0.2) is 81.2 Å². The molecule has 1 aliphatic carbocycles. The van der Waals surface area contributed by atoms with Crippen LogP contribution in [-0.2, 0) is 19.6 Å². The van der Waals surface area contributed by atoms with Crippen LogP contribution in [0.1, 0.15) is 45.1 Å². The van der Waals surface area contributed by atoms with Crippen molar-refractivity contribution in [3.8, 4) is 5.75 Å². The van der Waals surface area contributed by atoms with E-state index in [1.54, 1.807) is 24.9 Å². The minimum absolute atomic E-state index is 0.0332. The second kappa shape index (κ2) is 11.0. The third kappa shape index (κ3) is 5.77. The minimum Gasteiger partial charge on any atom is -0.487 e. The average Bonchev–Trinajstić information content (AvgIpc) is 2.81. The Morgan fingerprint density at radius 2 is 2.12 bits per heavy atom. The normalized spacial score (nSPS) is 24.0. The second-order valence-corrected chi connectivity index (χ2v) is 10.9. The number of nitrogens with zero attached hydrogens (tertiary/aromatic N) is 2. The van der Waals surface area contributed by atoms with Crippen LogP contribution in [0.25, 0.3) is 5.57 Å². The Balaban J connectivity index is 2.05. The van der Waals surface area contributed by atoms with Crippen LogP contribution < -0.4 is 4.74 Å². The smallest absolute Gasteiger partial charge is 0.248 e. The molecule has 0 aromatic heterocycles. The van der Waals surface area contributed by atoms with Gasteiger partial charge in [-0.25, -0.2) is 8.42 Å². The van der Waals surface area contributed by atoms with Crippen LogP contribution in [0.3, 0.4) is 0 Å². The van der Waals surface area contributed by atoms with Crippen molar-refractivity contribution in [2.45, 2.75) is 56.6 Å². The van der Waals surface area contributed by atoms with E-state index in [-0.39, 0.29) is 43.0 Å². The van der Waals surface area contributed by atoms with Crippen LogP contribution in [0.4, 0.5) is 0 Å². The van der Waals surface area contributed by atoms with Crippen molar-refractivity contribution >= 4 is 21.5 Å². The van der Waals surface area contributed by atoms with Gasteiger partial charge in [-0.05, 0) is 55.9 Å². The third-order valence-electron chi connectivity index (χ3n) is 6.48. The number of likely N-dealkylation sites (N-methyl/N-ethyl adjacent to an activating group) is 1. The Hall–Kier alpha value is -1.94. The number of carbonyl (C=O) groups excluding carboxylic acids is 1. The number of benzene rings is 1. The van der Waals surface area contributed by atoms with Crippen molar-refractivity contribution in [2.75, 3.05) is 40.5 Å². The van der Waals surface area contributed by atoms with E-state index >= 15 is 0 Å². The lowest BCUT2D eigenvalue weighted by Crippen LogP contribution is -2.50. The number of allylic oxidation sites excluding steroid dienone is 2. The van der Waals surface area contributed by atoms with E-state index in [9.17, 15) is 18.3 Å². The summed E-state index contributed by atoms with van der Waals surface area (Å²) in [6.07, 6.45) is 6.01. The Kier molecular flexibility index (Phi) is 8.55. The molecule has 1 aromatic rings. The number of sulfonamides is 1. The highest BCUT2D eigenvalue weighted by molar-refractivity contribution is 7.89. The second-order valence-electron chi connectivity index (χ2n) is 9.08. The summed E-state index contributed by atoms with van der Waals surface area (Å²) < 4.78 is 39.8. The van der Waals surface area contributed by atoms with Crippen molar-refractivity contribution in [2.24, 2.45) is 5.92 Å². The molecule has 0 bridgehead atoms. The molecule has 1 aliphatic heterocycles. The molecular formula is C24H36N2O6S. The zero-order chi connectivity index (χ0) is 24.2. The molecule has 9 heteroatoms. The summed E-state index contributed by atoms with van der Waals surface area (Å²) in [5.41, 5.74) is 2.16. The largest absolute Gasteiger partial charge is 0.487 e. The number of methoxy groups -OCH3 is 1. The molecule has 33 heavy (non-hydrogen) atoms. The van der Waals surface area contributed by atoms with Gasteiger partial charge < -0.3 is 19.5 Å². The van der Waals surface area contributed by atoms with Crippen molar-refractivity contribution in [3.05, 3.63) is 29.8 Å². The Morgan fingerprint density at radius 3 is 2.76 bits per heavy atom. The molecule has 0 saturated carbocycles. The van der Waals surface area contributed by atoms with Gasteiger partial charge >= 0.3 is 0 Å². The number of fused-ring (bicyclic) bond motifs is 1. The van der Waals surface area contributed by atoms with Crippen molar-refractivity contribution < 1.29 is 27.8 Å². The fourth-order valence-electron chi connectivity index (χ4n) is 4.35. The van der Waals surface area contributed by atoms with E-state index in [0.717, 1.165) is 31.2 Å². The molecule has 0 unspecified atom stereocenters. The quantitative estimate of drug-likeness (QED) is 0.644. The van der Waals surface area contributed by atoms with Gasteiger partial charge in [0, 0.05) is 32.7 Å². The molecule has 8 nitrogen and oxygen atoms in total. The highest BCUT2D eigenvalue weighted by Crippen LogP contribution is 2.37. The van der Waals surface area contributed by atoms with E-state index in [4.69, 9.17) is 9.47 Å². The summed E-state index contributed by atoms with van der Waals surface area (Å²) in [6.45, 7) is 3.74. The van der Waals surface area contributed by atoms with Gasteiger partial charge in [0.1, 0.15) is 23.4 Å². The minimum atomic E-state index is -3.88. The molecule has 1 N–H and O–H groups in total. The number of rotatable bonds is 7. The molecule has 0 fully saturated rings. The Bertz CT molecular complexity index is 977. The van der Waals surface area contributed by atoms with Gasteiger partial charge in [0.05, 0.1) is 13.2 Å².